The van der Waals surface area contributed by atoms with E-state index in [0.717, 1.165) is 11.4 Å². The van der Waals surface area contributed by atoms with Gasteiger partial charge < -0.3 is 14.4 Å². The van der Waals surface area contributed by atoms with E-state index in [1.165, 1.54) is 0 Å². The van der Waals surface area contributed by atoms with Gasteiger partial charge in [0.05, 0.1) is 19.3 Å². The normalized spacial score (nSPS) is 13.2. The molecular weight excluding hydrogens is 166 g/mol. The topological polar surface area (TPSA) is 34.4 Å². The molecular formula is C10H17NO2. The highest BCUT2D eigenvalue weighted by Crippen LogP contribution is 2.15. The number of aryl methyl sites for hydroxylation is 2. The van der Waals surface area contributed by atoms with Gasteiger partial charge in [0, 0.05) is 18.5 Å². The molecule has 0 aliphatic carbocycles. The number of aliphatic hydroxyl groups is 1. The molecule has 3 nitrogen and oxygen atoms in total. The van der Waals surface area contributed by atoms with Crippen LogP contribution in [0.25, 0.3) is 0 Å². The summed E-state index contributed by atoms with van der Waals surface area (Å²) in [6.45, 7) is 4.73. The van der Waals surface area contributed by atoms with Crippen LogP contribution in [-0.4, -0.2) is 30.0 Å². The first-order valence-electron chi connectivity index (χ1n) is 4.45. The van der Waals surface area contributed by atoms with E-state index >= 15 is 0 Å². The quantitative estimate of drug-likeness (QED) is 0.763. The number of rotatable bonds is 4. The third-order valence-corrected chi connectivity index (χ3v) is 2.26. The predicted octanol–water partition coefficient (Wildman–Crippen LogP) is 1.28. The maximum absolute atomic E-state index is 9.18. The maximum atomic E-state index is 9.18. The summed E-state index contributed by atoms with van der Waals surface area (Å²) >= 11 is 0. The Labute approximate surface area is 78.9 Å². The minimum Gasteiger partial charge on any atom is -0.394 e. The van der Waals surface area contributed by atoms with Crippen LogP contribution in [0.4, 0.5) is 0 Å². The summed E-state index contributed by atoms with van der Waals surface area (Å²) in [5.41, 5.74) is 2.32. The minimum absolute atomic E-state index is 0.0417. The highest BCUT2D eigenvalue weighted by Gasteiger charge is 2.12. The fourth-order valence-electron chi connectivity index (χ4n) is 1.66. The lowest BCUT2D eigenvalue weighted by Gasteiger charge is -2.19. The lowest BCUT2D eigenvalue weighted by Crippen LogP contribution is -2.20. The van der Waals surface area contributed by atoms with E-state index in [9.17, 15) is 5.11 Å². The molecule has 0 aliphatic rings. The lowest BCUT2D eigenvalue weighted by molar-refractivity contribution is 0.113. The Hall–Kier alpha value is -0.800. The Morgan fingerprint density at radius 3 is 2.31 bits per heavy atom. The molecule has 1 aromatic heterocycles. The number of ether oxygens (including phenoxy) is 1. The Kier molecular flexibility index (Phi) is 3.51. The van der Waals surface area contributed by atoms with Gasteiger partial charge in [-0.2, -0.15) is 0 Å². The van der Waals surface area contributed by atoms with Crippen LogP contribution >= 0.6 is 0 Å². The van der Waals surface area contributed by atoms with Crippen molar-refractivity contribution in [1.82, 2.24) is 4.57 Å². The van der Waals surface area contributed by atoms with Crippen LogP contribution in [0.2, 0.25) is 0 Å². The van der Waals surface area contributed by atoms with Gasteiger partial charge in [0.1, 0.15) is 0 Å². The molecule has 0 radical (unpaired) electrons. The van der Waals surface area contributed by atoms with Gasteiger partial charge in [-0.1, -0.05) is 0 Å². The van der Waals surface area contributed by atoms with Gasteiger partial charge >= 0.3 is 0 Å². The van der Waals surface area contributed by atoms with Crippen molar-refractivity contribution < 1.29 is 9.84 Å². The number of aromatic nitrogens is 1. The molecule has 0 spiro atoms. The monoisotopic (exact) mass is 183 g/mol. The van der Waals surface area contributed by atoms with Crippen LogP contribution in [0.3, 0.4) is 0 Å². The number of hydrogen-bond donors (Lipinski definition) is 1. The molecule has 0 saturated heterocycles. The highest BCUT2D eigenvalue weighted by molar-refractivity contribution is 5.15. The third-order valence-electron chi connectivity index (χ3n) is 2.26. The summed E-state index contributed by atoms with van der Waals surface area (Å²) in [5.74, 6) is 0. The average Bonchev–Trinajstić information content (AvgIpc) is 2.43. The molecule has 1 unspecified atom stereocenters. The van der Waals surface area contributed by atoms with Crippen molar-refractivity contribution in [3.8, 4) is 0 Å². The van der Waals surface area contributed by atoms with E-state index in [1.54, 1.807) is 7.11 Å². The zero-order valence-corrected chi connectivity index (χ0v) is 8.45. The van der Waals surface area contributed by atoms with Crippen LogP contribution in [0.5, 0.6) is 0 Å². The molecule has 74 valence electrons. The molecule has 13 heavy (non-hydrogen) atoms. The molecule has 1 rings (SSSR count). The fourth-order valence-corrected chi connectivity index (χ4v) is 1.66. The Bertz CT molecular complexity index is 248. The first kappa shape index (κ1) is 10.3. The lowest BCUT2D eigenvalue weighted by atomic mass is 10.3. The van der Waals surface area contributed by atoms with Gasteiger partial charge in [-0.25, -0.2) is 0 Å². The molecule has 0 bridgehead atoms. The summed E-state index contributed by atoms with van der Waals surface area (Å²) < 4.78 is 7.15. The van der Waals surface area contributed by atoms with Gasteiger partial charge in [0.2, 0.25) is 0 Å². The second kappa shape index (κ2) is 4.44. The number of hydrogen-bond acceptors (Lipinski definition) is 2. The van der Waals surface area contributed by atoms with Crippen molar-refractivity contribution in [2.75, 3.05) is 20.3 Å². The molecule has 0 amide bonds. The second-order valence-corrected chi connectivity index (χ2v) is 3.28. The molecule has 3 heteroatoms. The van der Waals surface area contributed by atoms with Crippen LogP contribution in [0, 0.1) is 13.8 Å². The van der Waals surface area contributed by atoms with Crippen molar-refractivity contribution >= 4 is 0 Å². The molecule has 0 fully saturated rings. The number of nitrogens with zero attached hydrogens (tertiary/aromatic N) is 1. The van der Waals surface area contributed by atoms with E-state index in [1.807, 2.05) is 26.0 Å². The Morgan fingerprint density at radius 2 is 1.92 bits per heavy atom. The minimum atomic E-state index is 0.0417. The van der Waals surface area contributed by atoms with Gasteiger partial charge in [0.15, 0.2) is 0 Å². The van der Waals surface area contributed by atoms with Crippen LogP contribution in [0.1, 0.15) is 17.4 Å². The Morgan fingerprint density at radius 1 is 1.38 bits per heavy atom. The van der Waals surface area contributed by atoms with Crippen molar-refractivity contribution in [2.24, 2.45) is 0 Å². The van der Waals surface area contributed by atoms with E-state index in [2.05, 4.69) is 4.57 Å². The number of methoxy groups -OCH3 is 1. The van der Waals surface area contributed by atoms with Crippen LogP contribution < -0.4 is 0 Å². The van der Waals surface area contributed by atoms with Gasteiger partial charge in [-0.15, -0.1) is 0 Å². The summed E-state index contributed by atoms with van der Waals surface area (Å²) in [5, 5.41) is 9.18. The zero-order chi connectivity index (χ0) is 9.84. The van der Waals surface area contributed by atoms with Gasteiger partial charge in [-0.05, 0) is 26.0 Å². The first-order valence-corrected chi connectivity index (χ1v) is 4.45. The largest absolute Gasteiger partial charge is 0.394 e. The second-order valence-electron chi connectivity index (χ2n) is 3.28. The van der Waals surface area contributed by atoms with E-state index in [-0.39, 0.29) is 12.6 Å². The molecule has 0 saturated carbocycles. The predicted molar refractivity (Wildman–Crippen MR) is 51.9 cm³/mol. The van der Waals surface area contributed by atoms with Gasteiger partial charge in [0.25, 0.3) is 0 Å². The molecule has 1 aromatic rings. The smallest absolute Gasteiger partial charge is 0.0799 e. The standard InChI is InChI=1S/C10H17NO2/c1-8-4-5-9(2)11(8)10(6-12)7-13-3/h4-5,10,12H,6-7H2,1-3H3. The first-order chi connectivity index (χ1) is 6.20. The zero-order valence-electron chi connectivity index (χ0n) is 8.45. The van der Waals surface area contributed by atoms with Crippen molar-refractivity contribution in [1.29, 1.82) is 0 Å². The van der Waals surface area contributed by atoms with Crippen molar-refractivity contribution in [3.63, 3.8) is 0 Å². The summed E-state index contributed by atoms with van der Waals surface area (Å²) in [4.78, 5) is 0. The molecule has 1 atom stereocenters. The average molecular weight is 183 g/mol. The molecule has 1 heterocycles. The highest BCUT2D eigenvalue weighted by atomic mass is 16.5. The number of aliphatic hydroxyl groups excluding tert-OH is 1. The van der Waals surface area contributed by atoms with E-state index in [0.29, 0.717) is 6.61 Å². The van der Waals surface area contributed by atoms with Gasteiger partial charge in [-0.3, -0.25) is 0 Å². The van der Waals surface area contributed by atoms with E-state index in [4.69, 9.17) is 4.74 Å². The molecule has 0 aromatic carbocycles. The molecule has 1 N–H and O–H groups in total. The van der Waals surface area contributed by atoms with Crippen molar-refractivity contribution in [2.45, 2.75) is 19.9 Å². The fraction of sp³-hybridized carbons (Fsp3) is 0.600. The van der Waals surface area contributed by atoms with Crippen LogP contribution in [0.15, 0.2) is 12.1 Å². The summed E-state index contributed by atoms with van der Waals surface area (Å²) in [7, 11) is 1.65. The van der Waals surface area contributed by atoms with Crippen molar-refractivity contribution in [3.05, 3.63) is 23.5 Å². The third kappa shape index (κ3) is 2.11. The summed E-state index contributed by atoms with van der Waals surface area (Å²) in [6.07, 6.45) is 0. The maximum Gasteiger partial charge on any atom is 0.0799 e. The molecule has 0 aliphatic heterocycles. The SMILES string of the molecule is COCC(CO)n1c(C)ccc1C. The summed E-state index contributed by atoms with van der Waals surface area (Å²) in [6, 6.07) is 4.14. The van der Waals surface area contributed by atoms with Crippen LogP contribution in [-0.2, 0) is 4.74 Å². The van der Waals surface area contributed by atoms with E-state index < -0.39 is 0 Å². The Balaban J connectivity index is 2.89.